The SMILES string of the molecule is CCC(=O)N[C@H](CC(=O)O)C(=O)C[C@@H](CCC(=O)O)C(=O)NCC(=O)C[C@@H](Cc1cccc(F)c1)C(=O)N[C@@H](Cc1c[nH]c2ccccc12)C(=O)C[C@@H](CCC(=O)O)C(C)=O. The van der Waals surface area contributed by atoms with Crippen molar-refractivity contribution in [3.8, 4) is 0 Å². The number of nitrogens with one attached hydrogen (secondary N) is 4. The molecule has 3 rings (SSSR count). The van der Waals surface area contributed by atoms with Crippen LogP contribution >= 0.6 is 0 Å². The third-order valence-electron chi connectivity index (χ3n) is 10.2. The van der Waals surface area contributed by atoms with Gasteiger partial charge in [-0.1, -0.05) is 37.3 Å². The first kappa shape index (κ1) is 48.8. The maximum atomic E-state index is 14.3. The lowest BCUT2D eigenvalue weighted by molar-refractivity contribution is -0.141. The lowest BCUT2D eigenvalue weighted by Gasteiger charge is -2.24. The summed E-state index contributed by atoms with van der Waals surface area (Å²) in [4.78, 5) is 130. The fourth-order valence-corrected chi connectivity index (χ4v) is 6.80. The molecule has 0 spiro atoms. The number of aromatic amines is 1. The molecule has 18 heteroatoms. The number of benzene rings is 2. The summed E-state index contributed by atoms with van der Waals surface area (Å²) >= 11 is 0. The van der Waals surface area contributed by atoms with E-state index in [0.717, 1.165) is 17.0 Å². The summed E-state index contributed by atoms with van der Waals surface area (Å²) in [6.07, 6.45) is -2.47. The number of aliphatic carboxylic acids is 3. The first-order chi connectivity index (χ1) is 28.9. The first-order valence-corrected chi connectivity index (χ1v) is 19.8. The highest BCUT2D eigenvalue weighted by atomic mass is 19.1. The maximum absolute atomic E-state index is 14.3. The Hall–Kier alpha value is -6.59. The van der Waals surface area contributed by atoms with E-state index >= 15 is 0 Å². The molecule has 0 saturated heterocycles. The Labute approximate surface area is 350 Å². The van der Waals surface area contributed by atoms with Gasteiger partial charge in [0.25, 0.3) is 0 Å². The molecule has 0 aliphatic carbocycles. The van der Waals surface area contributed by atoms with E-state index in [0.29, 0.717) is 11.1 Å². The zero-order valence-corrected chi connectivity index (χ0v) is 33.9. The molecule has 0 aliphatic heterocycles. The van der Waals surface area contributed by atoms with E-state index in [4.69, 9.17) is 0 Å². The van der Waals surface area contributed by atoms with Crippen LogP contribution in [-0.2, 0) is 60.8 Å². The first-order valence-electron chi connectivity index (χ1n) is 19.8. The van der Waals surface area contributed by atoms with Gasteiger partial charge in [-0.15, -0.1) is 0 Å². The summed E-state index contributed by atoms with van der Waals surface area (Å²) in [7, 11) is 0. The molecule has 1 heterocycles. The minimum Gasteiger partial charge on any atom is -0.481 e. The van der Waals surface area contributed by atoms with Crippen LogP contribution in [0.4, 0.5) is 4.39 Å². The normalized spacial score (nSPS) is 13.5. The van der Waals surface area contributed by atoms with Crippen LogP contribution in [0.15, 0.2) is 54.7 Å². The summed E-state index contributed by atoms with van der Waals surface area (Å²) in [6, 6.07) is 9.68. The molecule has 5 atom stereocenters. The quantitative estimate of drug-likeness (QED) is 0.0554. The van der Waals surface area contributed by atoms with Crippen molar-refractivity contribution in [3.63, 3.8) is 0 Å². The molecule has 3 aromatic rings. The highest BCUT2D eigenvalue weighted by Gasteiger charge is 2.32. The Morgan fingerprint density at radius 3 is 1.95 bits per heavy atom. The number of rotatable bonds is 28. The van der Waals surface area contributed by atoms with E-state index in [1.165, 1.54) is 32.0 Å². The monoisotopic (exact) mass is 850 g/mol. The predicted octanol–water partition coefficient (Wildman–Crippen LogP) is 3.11. The number of hydrogen-bond donors (Lipinski definition) is 7. The van der Waals surface area contributed by atoms with Crippen LogP contribution in [0.5, 0.6) is 0 Å². The fourth-order valence-electron chi connectivity index (χ4n) is 6.80. The van der Waals surface area contributed by atoms with Crippen molar-refractivity contribution >= 4 is 69.7 Å². The van der Waals surface area contributed by atoms with Crippen molar-refractivity contribution in [1.29, 1.82) is 0 Å². The van der Waals surface area contributed by atoms with E-state index in [9.17, 15) is 67.7 Å². The number of carbonyl (C=O) groups is 10. The topological polar surface area (TPSA) is 283 Å². The van der Waals surface area contributed by atoms with Gasteiger partial charge in [0.05, 0.1) is 25.0 Å². The molecule has 0 bridgehead atoms. The van der Waals surface area contributed by atoms with E-state index in [2.05, 4.69) is 20.9 Å². The van der Waals surface area contributed by atoms with Gasteiger partial charge in [-0.3, -0.25) is 47.9 Å². The lowest BCUT2D eigenvalue weighted by atomic mass is 9.88. The van der Waals surface area contributed by atoms with Crippen LogP contribution in [0.1, 0.15) is 82.8 Å². The number of H-pyrrole nitrogens is 1. The number of Topliss-reactive ketones (excluding diaryl/α,β-unsaturated/α-hetero) is 4. The smallest absolute Gasteiger partial charge is 0.305 e. The third-order valence-corrected chi connectivity index (χ3v) is 10.2. The second kappa shape index (κ2) is 23.9. The predicted molar refractivity (Wildman–Crippen MR) is 215 cm³/mol. The van der Waals surface area contributed by atoms with Gasteiger partial charge in [-0.2, -0.15) is 0 Å². The standard InChI is InChI=1S/C43H51FN4O13/c1-3-38(53)47-35(21-41(58)59)37(52)20-27(12-14-40(56)57)42(60)46-23-31(50)17-28(15-25-7-6-8-30(44)16-25)43(61)48-34(18-29-22-45-33-10-5-4-9-32(29)33)36(51)19-26(24(2)49)11-13-39(54)55/h4-10,16,22,26-28,34-35,45H,3,11-15,17-21,23H2,1-2H3,(H,46,60)(H,47,53)(H,48,61)(H,54,55)(H,56,57)(H,58,59)/t26-,27-,28-,34+,35-/m1/s1. The van der Waals surface area contributed by atoms with Gasteiger partial charge in [-0.05, 0) is 55.5 Å². The summed E-state index contributed by atoms with van der Waals surface area (Å²) in [5.74, 6) is -12.9. The van der Waals surface area contributed by atoms with E-state index in [1.807, 2.05) is 0 Å². The molecule has 1 aromatic heterocycles. The molecule has 0 aliphatic rings. The molecule has 3 amide bonds. The summed E-state index contributed by atoms with van der Waals surface area (Å²) < 4.78 is 14.3. The van der Waals surface area contributed by atoms with E-state index in [1.54, 1.807) is 30.5 Å². The second-order valence-corrected chi connectivity index (χ2v) is 14.9. The average molecular weight is 851 g/mol. The van der Waals surface area contributed by atoms with Crippen LogP contribution in [0, 0.1) is 23.6 Å². The summed E-state index contributed by atoms with van der Waals surface area (Å²) in [6.45, 7) is 2.02. The number of aromatic nitrogens is 1. The molecule has 7 N–H and O–H groups in total. The van der Waals surface area contributed by atoms with Gasteiger partial charge in [0.2, 0.25) is 17.7 Å². The third kappa shape index (κ3) is 16.5. The van der Waals surface area contributed by atoms with E-state index < -0.39 is 127 Å². The molecule has 328 valence electrons. The fraction of sp³-hybridized carbons (Fsp3) is 0.442. The molecule has 61 heavy (non-hydrogen) atoms. The molecule has 2 aromatic carbocycles. The van der Waals surface area contributed by atoms with Gasteiger partial charge in [0.1, 0.15) is 11.6 Å². The molecule has 17 nitrogen and oxygen atoms in total. The average Bonchev–Trinajstić information content (AvgIpc) is 3.61. The number of para-hydroxylation sites is 1. The highest BCUT2D eigenvalue weighted by Crippen LogP contribution is 2.23. The van der Waals surface area contributed by atoms with Crippen LogP contribution < -0.4 is 16.0 Å². The zero-order valence-electron chi connectivity index (χ0n) is 33.9. The molecular weight excluding hydrogens is 799 g/mol. The van der Waals surface area contributed by atoms with Crippen LogP contribution in [0.3, 0.4) is 0 Å². The van der Waals surface area contributed by atoms with Crippen molar-refractivity contribution in [2.45, 2.75) is 96.6 Å². The van der Waals surface area contributed by atoms with Crippen LogP contribution in [0.25, 0.3) is 10.9 Å². The minimum atomic E-state index is -1.50. The number of carboxylic acids is 3. The van der Waals surface area contributed by atoms with Crippen molar-refractivity contribution in [2.75, 3.05) is 6.54 Å². The summed E-state index contributed by atoms with van der Waals surface area (Å²) in [5, 5.41) is 35.8. The zero-order chi connectivity index (χ0) is 45.2. The Morgan fingerprint density at radius 2 is 1.33 bits per heavy atom. The molecule has 0 radical (unpaired) electrons. The summed E-state index contributed by atoms with van der Waals surface area (Å²) in [5.41, 5.74) is 1.70. The number of halogens is 1. The number of fused-ring (bicyclic) bond motifs is 1. The number of carbonyl (C=O) groups excluding carboxylic acids is 7. The lowest BCUT2D eigenvalue weighted by Crippen LogP contribution is -2.47. The number of hydrogen-bond acceptors (Lipinski definition) is 10. The number of carboxylic acid groups (broad SMARTS) is 3. The van der Waals surface area contributed by atoms with Gasteiger partial charge in [-0.25, -0.2) is 4.39 Å². The highest BCUT2D eigenvalue weighted by molar-refractivity contribution is 5.97. The maximum Gasteiger partial charge on any atom is 0.305 e. The Kier molecular flexibility index (Phi) is 19.1. The van der Waals surface area contributed by atoms with Gasteiger partial charge in [0, 0.05) is 79.8 Å². The minimum absolute atomic E-state index is 0.0548. The van der Waals surface area contributed by atoms with Gasteiger partial charge < -0.3 is 36.3 Å². The largest absolute Gasteiger partial charge is 0.481 e. The number of amides is 3. The van der Waals surface area contributed by atoms with Crippen molar-refractivity contribution in [3.05, 3.63) is 71.7 Å². The molecule has 0 unspecified atom stereocenters. The number of ketones is 4. The molecule has 0 fully saturated rings. The van der Waals surface area contributed by atoms with Gasteiger partial charge >= 0.3 is 17.9 Å². The van der Waals surface area contributed by atoms with Crippen LogP contribution in [0.2, 0.25) is 0 Å². The van der Waals surface area contributed by atoms with Crippen molar-refractivity contribution in [2.24, 2.45) is 17.8 Å². The Balaban J connectivity index is 1.86. The molecular formula is C43H51FN4O13. The Bertz CT molecular complexity index is 2120. The second-order valence-electron chi connectivity index (χ2n) is 14.9. The molecule has 0 saturated carbocycles. The Morgan fingerprint density at radius 1 is 0.689 bits per heavy atom. The van der Waals surface area contributed by atoms with E-state index in [-0.39, 0.29) is 44.9 Å². The van der Waals surface area contributed by atoms with Crippen molar-refractivity contribution in [1.82, 2.24) is 20.9 Å². The van der Waals surface area contributed by atoms with Crippen LogP contribution in [-0.4, -0.2) is 97.7 Å². The van der Waals surface area contributed by atoms with Gasteiger partial charge in [0.15, 0.2) is 17.3 Å². The van der Waals surface area contributed by atoms with Crippen molar-refractivity contribution < 1.29 is 67.7 Å².